The zero-order valence-electron chi connectivity index (χ0n) is 11.7. The first-order valence-corrected chi connectivity index (χ1v) is 7.83. The summed E-state index contributed by atoms with van der Waals surface area (Å²) in [6.07, 6.45) is 1.70. The molecule has 0 saturated carbocycles. The summed E-state index contributed by atoms with van der Waals surface area (Å²) in [4.78, 5) is 20.9. The quantitative estimate of drug-likeness (QED) is 0.774. The van der Waals surface area contributed by atoms with Crippen molar-refractivity contribution in [3.05, 3.63) is 64.3 Å². The molecule has 6 heteroatoms. The standard InChI is InChI=1S/C16H12ClN3OS/c1-10-5-6-11(17)8-13(10)19-15(21)14-9-22-16(20-14)12-4-2-3-7-18-12/h2-9H,1H3,(H,19,21). The van der Waals surface area contributed by atoms with E-state index in [-0.39, 0.29) is 5.91 Å². The Kier molecular flexibility index (Phi) is 4.18. The number of carbonyl (C=O) groups is 1. The van der Waals surface area contributed by atoms with E-state index >= 15 is 0 Å². The summed E-state index contributed by atoms with van der Waals surface area (Å²) in [5, 5.41) is 5.85. The third-order valence-electron chi connectivity index (χ3n) is 3.07. The smallest absolute Gasteiger partial charge is 0.275 e. The van der Waals surface area contributed by atoms with Crippen molar-refractivity contribution in [1.82, 2.24) is 9.97 Å². The number of benzene rings is 1. The highest BCUT2D eigenvalue weighted by atomic mass is 35.5. The summed E-state index contributed by atoms with van der Waals surface area (Å²) >= 11 is 7.35. The molecule has 2 aromatic heterocycles. The molecule has 0 atom stereocenters. The van der Waals surface area contributed by atoms with Crippen LogP contribution in [0.3, 0.4) is 0 Å². The van der Waals surface area contributed by atoms with E-state index in [1.807, 2.05) is 31.2 Å². The van der Waals surface area contributed by atoms with E-state index in [1.54, 1.807) is 23.7 Å². The van der Waals surface area contributed by atoms with Gasteiger partial charge in [0.05, 0.1) is 5.69 Å². The minimum Gasteiger partial charge on any atom is -0.320 e. The second-order valence-corrected chi connectivity index (χ2v) is 5.96. The number of rotatable bonds is 3. The maximum atomic E-state index is 12.3. The summed E-state index contributed by atoms with van der Waals surface area (Å²) in [7, 11) is 0. The zero-order chi connectivity index (χ0) is 15.5. The molecule has 1 aromatic carbocycles. The normalized spacial score (nSPS) is 10.5. The van der Waals surface area contributed by atoms with Crippen LogP contribution >= 0.6 is 22.9 Å². The van der Waals surface area contributed by atoms with Crippen LogP contribution in [-0.2, 0) is 0 Å². The molecule has 0 unspecified atom stereocenters. The number of hydrogen-bond donors (Lipinski definition) is 1. The summed E-state index contributed by atoms with van der Waals surface area (Å²) in [5.41, 5.74) is 2.75. The number of thiazole rings is 1. The molecule has 3 aromatic rings. The van der Waals surface area contributed by atoms with Crippen molar-refractivity contribution in [2.24, 2.45) is 0 Å². The molecule has 3 rings (SSSR count). The van der Waals surface area contributed by atoms with Crippen LogP contribution in [-0.4, -0.2) is 15.9 Å². The zero-order valence-corrected chi connectivity index (χ0v) is 13.3. The lowest BCUT2D eigenvalue weighted by atomic mass is 10.2. The fraction of sp³-hybridized carbons (Fsp3) is 0.0625. The first-order chi connectivity index (χ1) is 10.6. The van der Waals surface area contributed by atoms with Crippen molar-refractivity contribution in [2.75, 3.05) is 5.32 Å². The Labute approximate surface area is 136 Å². The van der Waals surface area contributed by atoms with Gasteiger partial charge in [-0.25, -0.2) is 4.98 Å². The van der Waals surface area contributed by atoms with Gasteiger partial charge in [-0.05, 0) is 36.8 Å². The predicted octanol–water partition coefficient (Wildman–Crippen LogP) is 4.42. The van der Waals surface area contributed by atoms with Gasteiger partial charge in [-0.2, -0.15) is 0 Å². The average molecular weight is 330 g/mol. The Morgan fingerprint density at radius 1 is 1.27 bits per heavy atom. The van der Waals surface area contributed by atoms with Crippen LogP contribution in [0.25, 0.3) is 10.7 Å². The highest BCUT2D eigenvalue weighted by molar-refractivity contribution is 7.13. The van der Waals surface area contributed by atoms with Crippen LogP contribution in [0.1, 0.15) is 16.1 Å². The van der Waals surface area contributed by atoms with Gasteiger partial charge in [0.1, 0.15) is 10.7 Å². The van der Waals surface area contributed by atoms with Crippen LogP contribution < -0.4 is 5.32 Å². The van der Waals surface area contributed by atoms with Crippen LogP contribution in [0.4, 0.5) is 5.69 Å². The lowest BCUT2D eigenvalue weighted by Crippen LogP contribution is -2.13. The molecular formula is C16H12ClN3OS. The van der Waals surface area contributed by atoms with Gasteiger partial charge in [-0.15, -0.1) is 11.3 Å². The molecule has 0 bridgehead atoms. The van der Waals surface area contributed by atoms with E-state index in [1.165, 1.54) is 11.3 Å². The Morgan fingerprint density at radius 2 is 2.14 bits per heavy atom. The molecule has 0 aliphatic carbocycles. The first kappa shape index (κ1) is 14.7. The van der Waals surface area contributed by atoms with Crippen molar-refractivity contribution >= 4 is 34.5 Å². The molecule has 4 nitrogen and oxygen atoms in total. The van der Waals surface area contributed by atoms with E-state index < -0.39 is 0 Å². The minimum absolute atomic E-state index is 0.260. The van der Waals surface area contributed by atoms with Gasteiger partial charge in [-0.1, -0.05) is 23.7 Å². The van der Waals surface area contributed by atoms with Gasteiger partial charge < -0.3 is 5.32 Å². The number of carbonyl (C=O) groups excluding carboxylic acids is 1. The Hall–Kier alpha value is -2.24. The molecule has 0 radical (unpaired) electrons. The van der Waals surface area contributed by atoms with Crippen molar-refractivity contribution in [1.29, 1.82) is 0 Å². The van der Waals surface area contributed by atoms with E-state index in [9.17, 15) is 4.79 Å². The number of aromatic nitrogens is 2. The maximum absolute atomic E-state index is 12.3. The van der Waals surface area contributed by atoms with Gasteiger partial charge >= 0.3 is 0 Å². The fourth-order valence-electron chi connectivity index (χ4n) is 1.90. The SMILES string of the molecule is Cc1ccc(Cl)cc1NC(=O)c1csc(-c2ccccn2)n1. The predicted molar refractivity (Wildman–Crippen MR) is 89.5 cm³/mol. The summed E-state index contributed by atoms with van der Waals surface area (Å²) in [5.74, 6) is -0.260. The molecule has 1 amide bonds. The highest BCUT2D eigenvalue weighted by Crippen LogP contribution is 2.24. The van der Waals surface area contributed by atoms with Crippen molar-refractivity contribution in [3.8, 4) is 10.7 Å². The van der Waals surface area contributed by atoms with Gasteiger partial charge in [0.15, 0.2) is 0 Å². The summed E-state index contributed by atoms with van der Waals surface area (Å²) < 4.78 is 0. The third-order valence-corrected chi connectivity index (χ3v) is 4.17. The number of anilines is 1. The van der Waals surface area contributed by atoms with Crippen molar-refractivity contribution < 1.29 is 4.79 Å². The van der Waals surface area contributed by atoms with Gasteiger partial charge in [0.25, 0.3) is 5.91 Å². The molecule has 0 aliphatic heterocycles. The maximum Gasteiger partial charge on any atom is 0.275 e. The molecule has 0 spiro atoms. The molecule has 22 heavy (non-hydrogen) atoms. The molecule has 2 heterocycles. The Bertz CT molecular complexity index is 817. The van der Waals surface area contributed by atoms with E-state index in [2.05, 4.69) is 15.3 Å². The monoisotopic (exact) mass is 329 g/mol. The van der Waals surface area contributed by atoms with E-state index in [0.717, 1.165) is 11.3 Å². The van der Waals surface area contributed by atoms with Crippen molar-refractivity contribution in [2.45, 2.75) is 6.92 Å². The number of hydrogen-bond acceptors (Lipinski definition) is 4. The van der Waals surface area contributed by atoms with Crippen LogP contribution in [0.5, 0.6) is 0 Å². The molecular weight excluding hydrogens is 318 g/mol. The van der Waals surface area contributed by atoms with Gasteiger partial charge in [-0.3, -0.25) is 9.78 Å². The number of amides is 1. The number of aryl methyl sites for hydroxylation is 1. The summed E-state index contributed by atoms with van der Waals surface area (Å²) in [6.45, 7) is 1.91. The second kappa shape index (κ2) is 6.25. The summed E-state index contributed by atoms with van der Waals surface area (Å²) in [6, 6.07) is 11.0. The second-order valence-electron chi connectivity index (χ2n) is 4.67. The Morgan fingerprint density at radius 3 is 2.91 bits per heavy atom. The largest absolute Gasteiger partial charge is 0.320 e. The average Bonchev–Trinajstić information content (AvgIpc) is 3.02. The topological polar surface area (TPSA) is 54.9 Å². The van der Waals surface area contributed by atoms with Gasteiger partial charge in [0.2, 0.25) is 0 Å². The fourth-order valence-corrected chi connectivity index (χ4v) is 2.85. The first-order valence-electron chi connectivity index (χ1n) is 6.58. The van der Waals surface area contributed by atoms with Gasteiger partial charge in [0, 0.05) is 22.3 Å². The van der Waals surface area contributed by atoms with Crippen molar-refractivity contribution in [3.63, 3.8) is 0 Å². The molecule has 0 saturated heterocycles. The molecule has 1 N–H and O–H groups in total. The molecule has 0 aliphatic rings. The highest BCUT2D eigenvalue weighted by Gasteiger charge is 2.13. The number of pyridine rings is 1. The number of nitrogens with one attached hydrogen (secondary N) is 1. The van der Waals surface area contributed by atoms with Crippen LogP contribution in [0, 0.1) is 6.92 Å². The van der Waals surface area contributed by atoms with E-state index in [4.69, 9.17) is 11.6 Å². The number of halogens is 1. The lowest BCUT2D eigenvalue weighted by molar-refractivity contribution is 0.102. The minimum atomic E-state index is -0.260. The van der Waals surface area contributed by atoms with Crippen LogP contribution in [0.2, 0.25) is 5.02 Å². The third kappa shape index (κ3) is 3.16. The lowest BCUT2D eigenvalue weighted by Gasteiger charge is -2.07. The molecule has 110 valence electrons. The molecule has 0 fully saturated rings. The van der Waals surface area contributed by atoms with Crippen LogP contribution in [0.15, 0.2) is 48.0 Å². The Balaban J connectivity index is 1.81. The number of nitrogens with zero attached hydrogens (tertiary/aromatic N) is 2. The van der Waals surface area contributed by atoms with E-state index in [0.29, 0.717) is 21.4 Å².